The highest BCUT2D eigenvalue weighted by Crippen LogP contribution is 2.43. The smallest absolute Gasteiger partial charge is 0.370 e. The molecule has 19 heavy (non-hydrogen) atoms. The number of methoxy groups -OCH3 is 1. The van der Waals surface area contributed by atoms with Gasteiger partial charge in [0.15, 0.2) is 0 Å². The van der Waals surface area contributed by atoms with Crippen LogP contribution in [0.15, 0.2) is 0 Å². The van der Waals surface area contributed by atoms with Crippen molar-refractivity contribution in [2.24, 2.45) is 5.92 Å². The number of hydrogen-bond donors (Lipinski definition) is 1. The van der Waals surface area contributed by atoms with Crippen LogP contribution < -0.4 is 5.32 Å². The minimum Gasteiger partial charge on any atom is -0.396 e. The Morgan fingerprint density at radius 3 is 2.42 bits per heavy atom. The number of nitrogens with one attached hydrogen (secondary N) is 1. The summed E-state index contributed by atoms with van der Waals surface area (Å²) in [6, 6.07) is 1.04. The quantitative estimate of drug-likeness (QED) is 0.697. The van der Waals surface area contributed by atoms with Gasteiger partial charge in [0, 0.05) is 21.3 Å². The third kappa shape index (κ3) is 3.58. The molecule has 0 aromatic carbocycles. The van der Waals surface area contributed by atoms with Crippen molar-refractivity contribution in [3.05, 3.63) is 0 Å². The van der Waals surface area contributed by atoms with E-state index in [0.29, 0.717) is 5.92 Å². The van der Waals surface area contributed by atoms with Gasteiger partial charge < -0.3 is 18.9 Å². The Labute approximate surface area is 119 Å². The maximum atomic E-state index is 6.01. The van der Waals surface area contributed by atoms with Gasteiger partial charge >= 0.3 is 8.56 Å². The standard InChI is InChI=1S/C14H31NO3Si/c1-6-15-12-13(2)11-14(16-3)9-7-8-10-19(14,17-4)18-5/h13,15H,6-12H2,1-5H3. The Bertz CT molecular complexity index is 261. The van der Waals surface area contributed by atoms with E-state index in [0.717, 1.165) is 32.0 Å². The Hall–Kier alpha value is 0.0569. The summed E-state index contributed by atoms with van der Waals surface area (Å²) in [4.78, 5) is 0. The van der Waals surface area contributed by atoms with Crippen LogP contribution in [0.5, 0.6) is 0 Å². The van der Waals surface area contributed by atoms with Gasteiger partial charge in [0.25, 0.3) is 0 Å². The van der Waals surface area contributed by atoms with Gasteiger partial charge in [0.1, 0.15) is 5.22 Å². The lowest BCUT2D eigenvalue weighted by atomic mass is 9.98. The Kier molecular flexibility index (Phi) is 6.97. The van der Waals surface area contributed by atoms with Crippen LogP contribution in [0.25, 0.3) is 0 Å². The van der Waals surface area contributed by atoms with Crippen molar-refractivity contribution in [1.29, 1.82) is 0 Å². The summed E-state index contributed by atoms with van der Waals surface area (Å²) < 4.78 is 17.8. The van der Waals surface area contributed by atoms with Crippen LogP contribution in [0.4, 0.5) is 0 Å². The van der Waals surface area contributed by atoms with Crippen LogP contribution in [-0.2, 0) is 13.6 Å². The molecule has 4 nitrogen and oxygen atoms in total. The monoisotopic (exact) mass is 289 g/mol. The second-order valence-corrected chi connectivity index (χ2v) is 9.42. The van der Waals surface area contributed by atoms with Crippen LogP contribution in [-0.4, -0.2) is 48.2 Å². The van der Waals surface area contributed by atoms with E-state index in [9.17, 15) is 0 Å². The van der Waals surface area contributed by atoms with Crippen LogP contribution >= 0.6 is 0 Å². The highest BCUT2D eigenvalue weighted by Gasteiger charge is 2.59. The molecular formula is C14H31NO3Si. The molecule has 0 aromatic rings. The normalized spacial score (nSPS) is 28.3. The van der Waals surface area contributed by atoms with Gasteiger partial charge in [0.05, 0.1) is 0 Å². The van der Waals surface area contributed by atoms with E-state index in [1.807, 2.05) is 7.11 Å². The number of rotatable bonds is 8. The fourth-order valence-electron chi connectivity index (χ4n) is 3.47. The van der Waals surface area contributed by atoms with Crippen molar-refractivity contribution >= 4 is 8.56 Å². The van der Waals surface area contributed by atoms with E-state index in [4.69, 9.17) is 13.6 Å². The summed E-state index contributed by atoms with van der Waals surface area (Å²) in [6.07, 6.45) is 4.49. The highest BCUT2D eigenvalue weighted by atomic mass is 28.4. The summed E-state index contributed by atoms with van der Waals surface area (Å²) in [5, 5.41) is 3.23. The first-order chi connectivity index (χ1) is 9.09. The first-order valence-corrected chi connectivity index (χ1v) is 9.48. The Morgan fingerprint density at radius 1 is 1.21 bits per heavy atom. The topological polar surface area (TPSA) is 39.7 Å². The minimum atomic E-state index is -2.26. The zero-order chi connectivity index (χ0) is 14.4. The van der Waals surface area contributed by atoms with E-state index in [1.54, 1.807) is 14.2 Å². The number of hydrogen-bond acceptors (Lipinski definition) is 4. The zero-order valence-electron chi connectivity index (χ0n) is 13.3. The van der Waals surface area contributed by atoms with Crippen LogP contribution in [0.2, 0.25) is 6.04 Å². The molecule has 114 valence electrons. The van der Waals surface area contributed by atoms with E-state index in [-0.39, 0.29) is 5.22 Å². The van der Waals surface area contributed by atoms with Crippen molar-refractivity contribution in [3.8, 4) is 0 Å². The summed E-state index contributed by atoms with van der Waals surface area (Å²) in [5.74, 6) is 0.565. The second-order valence-electron chi connectivity index (χ2n) is 5.68. The van der Waals surface area contributed by atoms with E-state index in [1.165, 1.54) is 12.8 Å². The molecule has 0 aromatic heterocycles. The van der Waals surface area contributed by atoms with Gasteiger partial charge in [-0.1, -0.05) is 26.7 Å². The van der Waals surface area contributed by atoms with Crippen LogP contribution in [0.3, 0.4) is 0 Å². The molecule has 0 aliphatic carbocycles. The molecule has 0 bridgehead atoms. The van der Waals surface area contributed by atoms with Crippen molar-refractivity contribution in [3.63, 3.8) is 0 Å². The van der Waals surface area contributed by atoms with E-state index < -0.39 is 8.56 Å². The minimum absolute atomic E-state index is 0.191. The fourth-order valence-corrected chi connectivity index (χ4v) is 7.49. The average molecular weight is 289 g/mol. The lowest BCUT2D eigenvalue weighted by molar-refractivity contribution is -0.0234. The van der Waals surface area contributed by atoms with Gasteiger partial charge in [-0.25, -0.2) is 0 Å². The van der Waals surface area contributed by atoms with Crippen molar-refractivity contribution in [2.75, 3.05) is 34.4 Å². The lowest BCUT2D eigenvalue weighted by Gasteiger charge is -2.49. The molecule has 0 amide bonds. The van der Waals surface area contributed by atoms with Crippen LogP contribution in [0, 0.1) is 5.92 Å². The zero-order valence-corrected chi connectivity index (χ0v) is 14.3. The van der Waals surface area contributed by atoms with E-state index in [2.05, 4.69) is 19.2 Å². The van der Waals surface area contributed by atoms with E-state index >= 15 is 0 Å². The Morgan fingerprint density at radius 2 is 1.89 bits per heavy atom. The maximum Gasteiger partial charge on any atom is 0.370 e. The molecule has 2 atom stereocenters. The molecular weight excluding hydrogens is 258 g/mol. The molecule has 1 N–H and O–H groups in total. The molecule has 1 saturated heterocycles. The molecule has 0 radical (unpaired) electrons. The molecule has 2 unspecified atom stereocenters. The third-order valence-electron chi connectivity index (χ3n) is 4.50. The number of ether oxygens (including phenoxy) is 1. The summed E-state index contributed by atoms with van der Waals surface area (Å²) in [6.45, 7) is 6.46. The van der Waals surface area contributed by atoms with Crippen LogP contribution in [0.1, 0.15) is 39.5 Å². The SMILES string of the molecule is CCNCC(C)CC1(OC)CCCC[Si]1(OC)OC. The first kappa shape index (κ1) is 17.1. The fraction of sp³-hybridized carbons (Fsp3) is 1.00. The average Bonchev–Trinajstić information content (AvgIpc) is 2.45. The predicted molar refractivity (Wildman–Crippen MR) is 80.5 cm³/mol. The first-order valence-electron chi connectivity index (χ1n) is 7.46. The maximum absolute atomic E-state index is 6.01. The van der Waals surface area contributed by atoms with Crippen molar-refractivity contribution in [2.45, 2.75) is 50.8 Å². The summed E-state index contributed by atoms with van der Waals surface area (Å²) >= 11 is 0. The molecule has 1 aliphatic heterocycles. The van der Waals surface area contributed by atoms with Gasteiger partial charge in [-0.05, 0) is 37.9 Å². The van der Waals surface area contributed by atoms with Crippen molar-refractivity contribution < 1.29 is 13.6 Å². The largest absolute Gasteiger partial charge is 0.396 e. The molecule has 5 heteroatoms. The molecule has 0 saturated carbocycles. The molecule has 1 heterocycles. The molecule has 1 rings (SSSR count). The predicted octanol–water partition coefficient (Wildman–Crippen LogP) is 2.47. The van der Waals surface area contributed by atoms with Crippen molar-refractivity contribution in [1.82, 2.24) is 5.32 Å². The van der Waals surface area contributed by atoms with Gasteiger partial charge in [-0.2, -0.15) is 0 Å². The lowest BCUT2D eigenvalue weighted by Crippen LogP contribution is -2.65. The molecule has 1 aliphatic rings. The third-order valence-corrected chi connectivity index (χ3v) is 8.88. The summed E-state index contributed by atoms with van der Waals surface area (Å²) in [7, 11) is 3.15. The highest BCUT2D eigenvalue weighted by molar-refractivity contribution is 6.70. The second kappa shape index (κ2) is 7.74. The summed E-state index contributed by atoms with van der Waals surface area (Å²) in [5.41, 5.74) is 0. The van der Waals surface area contributed by atoms with Gasteiger partial charge in [-0.3, -0.25) is 0 Å². The van der Waals surface area contributed by atoms with Gasteiger partial charge in [-0.15, -0.1) is 0 Å². The molecule has 0 spiro atoms. The van der Waals surface area contributed by atoms with Gasteiger partial charge in [0.2, 0.25) is 0 Å². The Balaban J connectivity index is 2.84. The molecule has 1 fully saturated rings.